The number of nitrogens with two attached hydrogens (primary N) is 1. The number of likely N-dealkylation sites (tertiary alicyclic amines) is 1. The van der Waals surface area contributed by atoms with Crippen molar-refractivity contribution in [3.63, 3.8) is 0 Å². The third kappa shape index (κ3) is 6.51. The van der Waals surface area contributed by atoms with Crippen molar-refractivity contribution in [2.24, 2.45) is 5.73 Å². The Morgan fingerprint density at radius 1 is 1.08 bits per heavy atom. The van der Waals surface area contributed by atoms with Gasteiger partial charge in [-0.2, -0.15) is 13.2 Å². The fourth-order valence-electron chi connectivity index (χ4n) is 4.29. The summed E-state index contributed by atoms with van der Waals surface area (Å²) in [7, 11) is 0. The lowest BCUT2D eigenvalue weighted by atomic mass is 9.89. The third-order valence-electron chi connectivity index (χ3n) is 6.30. The number of piperidine rings is 1. The van der Waals surface area contributed by atoms with Gasteiger partial charge in [0.05, 0.1) is 11.3 Å². The number of carbonyl (C=O) groups excluding carboxylic acids is 1. The van der Waals surface area contributed by atoms with E-state index in [1.807, 2.05) is 12.1 Å². The van der Waals surface area contributed by atoms with Crippen LogP contribution < -0.4 is 11.1 Å². The van der Waals surface area contributed by atoms with Crippen LogP contribution in [-0.4, -0.2) is 50.0 Å². The number of pyridine rings is 1. The van der Waals surface area contributed by atoms with Crippen LogP contribution in [0.4, 0.5) is 29.6 Å². The van der Waals surface area contributed by atoms with Crippen LogP contribution in [0.15, 0.2) is 48.8 Å². The first-order chi connectivity index (χ1) is 17.6. The SMILES string of the molecule is NC(=O)c1ccnc(CCc2nc(Nc3ccc(C4CCN(C(=O)O)CC4)cc3)ncc2C(F)(F)F)c1. The monoisotopic (exact) mass is 514 g/mol. The highest BCUT2D eigenvalue weighted by atomic mass is 19.4. The van der Waals surface area contributed by atoms with E-state index in [0.29, 0.717) is 24.5 Å². The summed E-state index contributed by atoms with van der Waals surface area (Å²) in [6.45, 7) is 0.953. The van der Waals surface area contributed by atoms with Gasteiger partial charge in [0.1, 0.15) is 0 Å². The van der Waals surface area contributed by atoms with E-state index in [1.54, 1.807) is 12.1 Å². The number of hydrogen-bond acceptors (Lipinski definition) is 6. The molecule has 4 rings (SSSR count). The normalized spacial score (nSPS) is 14.4. The lowest BCUT2D eigenvalue weighted by Crippen LogP contribution is -2.36. The number of nitrogens with zero attached hydrogens (tertiary/aromatic N) is 4. The van der Waals surface area contributed by atoms with Crippen molar-refractivity contribution in [1.29, 1.82) is 0 Å². The van der Waals surface area contributed by atoms with Gasteiger partial charge in [0.15, 0.2) is 0 Å². The minimum absolute atomic E-state index is 0.0179. The molecule has 1 saturated heterocycles. The number of halogens is 3. The standard InChI is InChI=1S/C25H25F3N6O3/c26-25(27,28)20-14-31-23(33-21(20)6-5-19-13-17(22(29)35)7-10-30-19)32-18-3-1-15(2-4-18)16-8-11-34(12-9-16)24(36)37/h1-4,7,10,13-14,16H,5-6,8-9,11-12H2,(H2,29,35)(H,36,37)(H,31,32,33). The molecule has 9 nitrogen and oxygen atoms in total. The van der Waals surface area contributed by atoms with E-state index in [0.717, 1.165) is 24.6 Å². The largest absolute Gasteiger partial charge is 0.465 e. The predicted octanol–water partition coefficient (Wildman–Crippen LogP) is 4.38. The van der Waals surface area contributed by atoms with E-state index in [4.69, 9.17) is 10.8 Å². The summed E-state index contributed by atoms with van der Waals surface area (Å²) in [5.74, 6) is -0.394. The Labute approximate surface area is 210 Å². The highest BCUT2D eigenvalue weighted by molar-refractivity contribution is 5.92. The van der Waals surface area contributed by atoms with Crippen LogP contribution in [0.1, 0.15) is 51.6 Å². The molecule has 194 valence electrons. The molecule has 2 amide bonds. The third-order valence-corrected chi connectivity index (χ3v) is 6.30. The maximum Gasteiger partial charge on any atom is 0.419 e. The average molecular weight is 515 g/mol. The molecule has 12 heteroatoms. The second-order valence-electron chi connectivity index (χ2n) is 8.74. The molecule has 1 aromatic carbocycles. The lowest BCUT2D eigenvalue weighted by Gasteiger charge is -2.30. The summed E-state index contributed by atoms with van der Waals surface area (Å²) in [5.41, 5.74) is 6.44. The molecule has 0 saturated carbocycles. The van der Waals surface area contributed by atoms with Gasteiger partial charge in [-0.1, -0.05) is 12.1 Å². The van der Waals surface area contributed by atoms with E-state index in [1.165, 1.54) is 23.2 Å². The second kappa shape index (κ2) is 10.8. The number of carboxylic acid groups (broad SMARTS) is 1. The predicted molar refractivity (Wildman–Crippen MR) is 128 cm³/mol. The quantitative estimate of drug-likeness (QED) is 0.426. The maximum absolute atomic E-state index is 13.6. The van der Waals surface area contributed by atoms with Gasteiger partial charge in [0, 0.05) is 42.4 Å². The van der Waals surface area contributed by atoms with Crippen molar-refractivity contribution in [3.8, 4) is 0 Å². The Hall–Kier alpha value is -4.22. The number of carbonyl (C=O) groups is 2. The van der Waals surface area contributed by atoms with Crippen molar-refractivity contribution in [2.45, 2.75) is 37.8 Å². The Kier molecular flexibility index (Phi) is 7.55. The number of anilines is 2. The Balaban J connectivity index is 1.46. The summed E-state index contributed by atoms with van der Waals surface area (Å²) >= 11 is 0. The van der Waals surface area contributed by atoms with Crippen LogP contribution in [0.5, 0.6) is 0 Å². The number of primary amides is 1. The Morgan fingerprint density at radius 2 is 1.78 bits per heavy atom. The summed E-state index contributed by atoms with van der Waals surface area (Å²) in [5, 5.41) is 12.0. The number of rotatable bonds is 7. The molecule has 3 heterocycles. The van der Waals surface area contributed by atoms with Gasteiger partial charge in [-0.15, -0.1) is 0 Å². The molecule has 1 aliphatic rings. The first-order valence-electron chi connectivity index (χ1n) is 11.6. The van der Waals surface area contributed by atoms with E-state index >= 15 is 0 Å². The number of aromatic nitrogens is 3. The van der Waals surface area contributed by atoms with Gasteiger partial charge in [0.25, 0.3) is 0 Å². The molecule has 0 spiro atoms. The van der Waals surface area contributed by atoms with E-state index in [9.17, 15) is 22.8 Å². The zero-order valence-corrected chi connectivity index (χ0v) is 19.7. The lowest BCUT2D eigenvalue weighted by molar-refractivity contribution is -0.138. The van der Waals surface area contributed by atoms with Gasteiger partial charge >= 0.3 is 12.3 Å². The van der Waals surface area contributed by atoms with E-state index < -0.39 is 23.7 Å². The maximum atomic E-state index is 13.6. The molecule has 0 aliphatic carbocycles. The van der Waals surface area contributed by atoms with Crippen molar-refractivity contribution >= 4 is 23.6 Å². The molecule has 0 atom stereocenters. The Bertz CT molecular complexity index is 1280. The molecule has 3 aromatic rings. The van der Waals surface area contributed by atoms with Gasteiger partial charge < -0.3 is 21.1 Å². The highest BCUT2D eigenvalue weighted by Gasteiger charge is 2.35. The topological polar surface area (TPSA) is 134 Å². The molecule has 1 fully saturated rings. The minimum atomic E-state index is -4.63. The fraction of sp³-hybridized carbons (Fsp3) is 0.320. The zero-order valence-electron chi connectivity index (χ0n) is 19.7. The fourth-order valence-corrected chi connectivity index (χ4v) is 4.29. The van der Waals surface area contributed by atoms with Crippen LogP contribution in [0, 0.1) is 0 Å². The van der Waals surface area contributed by atoms with Gasteiger partial charge in [-0.3, -0.25) is 9.78 Å². The highest BCUT2D eigenvalue weighted by Crippen LogP contribution is 2.33. The minimum Gasteiger partial charge on any atom is -0.465 e. The summed E-state index contributed by atoms with van der Waals surface area (Å²) in [6.07, 6.45) is -1.92. The molecule has 0 unspecified atom stereocenters. The van der Waals surface area contributed by atoms with Crippen LogP contribution in [0.3, 0.4) is 0 Å². The molecular weight excluding hydrogens is 489 g/mol. The number of benzene rings is 1. The smallest absolute Gasteiger partial charge is 0.419 e. The number of hydrogen-bond donors (Lipinski definition) is 3. The summed E-state index contributed by atoms with van der Waals surface area (Å²) in [4.78, 5) is 35.9. The van der Waals surface area contributed by atoms with Gasteiger partial charge in [-0.05, 0) is 61.4 Å². The molecular formula is C25H25F3N6O3. The average Bonchev–Trinajstić information content (AvgIpc) is 2.87. The van der Waals surface area contributed by atoms with Crippen LogP contribution in [0.2, 0.25) is 0 Å². The van der Waals surface area contributed by atoms with Crippen molar-refractivity contribution < 1.29 is 27.9 Å². The van der Waals surface area contributed by atoms with Gasteiger partial charge in [0.2, 0.25) is 11.9 Å². The van der Waals surface area contributed by atoms with E-state index in [-0.39, 0.29) is 36.0 Å². The number of amides is 2. The first-order valence-corrected chi connectivity index (χ1v) is 11.6. The Morgan fingerprint density at radius 3 is 2.41 bits per heavy atom. The van der Waals surface area contributed by atoms with Gasteiger partial charge in [-0.25, -0.2) is 14.8 Å². The zero-order chi connectivity index (χ0) is 26.6. The number of aryl methyl sites for hydroxylation is 2. The molecule has 2 aromatic heterocycles. The van der Waals surface area contributed by atoms with Crippen LogP contribution >= 0.6 is 0 Å². The molecule has 0 radical (unpaired) electrons. The number of nitrogens with one attached hydrogen (secondary N) is 1. The van der Waals surface area contributed by atoms with Crippen LogP contribution in [-0.2, 0) is 19.0 Å². The molecule has 4 N–H and O–H groups in total. The first kappa shape index (κ1) is 25.9. The van der Waals surface area contributed by atoms with Crippen molar-refractivity contribution in [3.05, 3.63) is 76.9 Å². The molecule has 37 heavy (non-hydrogen) atoms. The second-order valence-corrected chi connectivity index (χ2v) is 8.74. The molecule has 1 aliphatic heterocycles. The summed E-state index contributed by atoms with van der Waals surface area (Å²) in [6, 6.07) is 10.3. The van der Waals surface area contributed by atoms with Crippen molar-refractivity contribution in [2.75, 3.05) is 18.4 Å². The number of alkyl halides is 3. The summed E-state index contributed by atoms with van der Waals surface area (Å²) < 4.78 is 40.7. The molecule has 0 bridgehead atoms. The van der Waals surface area contributed by atoms with E-state index in [2.05, 4.69) is 20.3 Å². The van der Waals surface area contributed by atoms with Crippen LogP contribution in [0.25, 0.3) is 0 Å². The van der Waals surface area contributed by atoms with Crippen molar-refractivity contribution in [1.82, 2.24) is 19.9 Å².